The predicted octanol–water partition coefficient (Wildman–Crippen LogP) is 0.344. The zero-order chi connectivity index (χ0) is 14.0. The zero-order valence-corrected chi connectivity index (χ0v) is 11.5. The first-order valence-corrected chi connectivity index (χ1v) is 7.41. The number of fused-ring (bicyclic) bond motifs is 1. The second-order valence-corrected chi connectivity index (χ2v) is 6.05. The molecule has 1 amide bonds. The number of nitrogens with two attached hydrogens (primary N) is 1. The lowest BCUT2D eigenvalue weighted by molar-refractivity contribution is 0.0997. The van der Waals surface area contributed by atoms with Gasteiger partial charge in [-0.05, 0) is 17.7 Å². The Labute approximate surface area is 115 Å². The van der Waals surface area contributed by atoms with Crippen LogP contribution < -0.4 is 10.5 Å². The molecule has 1 aromatic rings. The van der Waals surface area contributed by atoms with E-state index in [4.69, 9.17) is 17.3 Å². The van der Waals surface area contributed by atoms with Gasteiger partial charge in [0.2, 0.25) is 10.0 Å². The largest absolute Gasteiger partial charge is 0.329 e. The summed E-state index contributed by atoms with van der Waals surface area (Å²) in [7, 11) is -3.80. The minimum atomic E-state index is -3.80. The highest BCUT2D eigenvalue weighted by Gasteiger charge is 2.27. The van der Waals surface area contributed by atoms with Gasteiger partial charge in [-0.3, -0.25) is 4.79 Å². The molecule has 2 rings (SSSR count). The molecule has 0 bridgehead atoms. The molecule has 0 radical (unpaired) electrons. The number of nitrogens with one attached hydrogen (secondary N) is 1. The molecule has 0 unspecified atom stereocenters. The van der Waals surface area contributed by atoms with E-state index in [0.717, 1.165) is 0 Å². The van der Waals surface area contributed by atoms with Crippen LogP contribution in [0.5, 0.6) is 0 Å². The number of benzene rings is 1. The lowest BCUT2D eigenvalue weighted by atomic mass is 10.0. The Morgan fingerprint density at radius 1 is 1.42 bits per heavy atom. The minimum absolute atomic E-state index is 0.0412. The van der Waals surface area contributed by atoms with Gasteiger partial charge in [0, 0.05) is 30.7 Å². The molecule has 0 atom stereocenters. The summed E-state index contributed by atoms with van der Waals surface area (Å²) in [5.41, 5.74) is 5.79. The third-order valence-corrected chi connectivity index (χ3v) is 4.52. The first-order valence-electron chi connectivity index (χ1n) is 5.55. The Morgan fingerprint density at radius 3 is 2.84 bits per heavy atom. The monoisotopic (exact) mass is 301 g/mol. The van der Waals surface area contributed by atoms with Crippen LogP contribution in [0.25, 0.3) is 0 Å². The maximum atomic E-state index is 12.1. The summed E-state index contributed by atoms with van der Waals surface area (Å²) in [5, 5.41) is 0.354. The third-order valence-electron chi connectivity index (χ3n) is 2.66. The summed E-state index contributed by atoms with van der Waals surface area (Å²) in [4.78, 5) is 15.3. The molecule has 8 heteroatoms. The van der Waals surface area contributed by atoms with Gasteiger partial charge in [0.05, 0.1) is 10.5 Å². The van der Waals surface area contributed by atoms with Crippen molar-refractivity contribution in [1.29, 1.82) is 0 Å². The number of rotatable bonds is 4. The van der Waals surface area contributed by atoms with Crippen LogP contribution in [-0.4, -0.2) is 33.6 Å². The Bertz CT molecular complexity index is 655. The van der Waals surface area contributed by atoms with Gasteiger partial charge in [0.15, 0.2) is 0 Å². The van der Waals surface area contributed by atoms with Crippen LogP contribution in [0.4, 0.5) is 0 Å². The molecule has 0 saturated heterocycles. The molecule has 0 aromatic heterocycles. The van der Waals surface area contributed by atoms with E-state index >= 15 is 0 Å². The van der Waals surface area contributed by atoms with Gasteiger partial charge in [-0.25, -0.2) is 18.1 Å². The fourth-order valence-electron chi connectivity index (χ4n) is 1.81. The average molecular weight is 302 g/mol. The van der Waals surface area contributed by atoms with E-state index in [1.54, 1.807) is 0 Å². The summed E-state index contributed by atoms with van der Waals surface area (Å²) in [6.07, 6.45) is 1.75. The van der Waals surface area contributed by atoms with Gasteiger partial charge in [-0.2, -0.15) is 0 Å². The minimum Gasteiger partial charge on any atom is -0.329 e. The van der Waals surface area contributed by atoms with Gasteiger partial charge in [0.1, 0.15) is 0 Å². The number of carbonyl (C=O) groups excluding carboxylic acids is 1. The Kier molecular flexibility index (Phi) is 4.00. The highest BCUT2D eigenvalue weighted by atomic mass is 35.5. The van der Waals surface area contributed by atoms with E-state index in [2.05, 4.69) is 9.71 Å². The molecule has 102 valence electrons. The molecule has 0 aliphatic carbocycles. The maximum absolute atomic E-state index is 12.1. The number of carbonyl (C=O) groups is 1. The van der Waals surface area contributed by atoms with Gasteiger partial charge >= 0.3 is 0 Å². The van der Waals surface area contributed by atoms with Crippen molar-refractivity contribution < 1.29 is 13.2 Å². The Balaban J connectivity index is 2.58. The standard InChI is InChI=1S/C11H12ClN3O3S/c12-8-1-2-9(19(17,18)15-6-4-13)10-7(8)3-5-14-11(10)16/h1-2,5,15H,3-4,6,13H2. The highest BCUT2D eigenvalue weighted by molar-refractivity contribution is 7.89. The second kappa shape index (κ2) is 5.38. The molecule has 6 nitrogen and oxygen atoms in total. The quantitative estimate of drug-likeness (QED) is 0.837. The molecule has 0 spiro atoms. The van der Waals surface area contributed by atoms with E-state index in [1.165, 1.54) is 18.3 Å². The normalized spacial score (nSPS) is 14.5. The van der Waals surface area contributed by atoms with E-state index in [1.807, 2.05) is 0 Å². The summed E-state index contributed by atoms with van der Waals surface area (Å²) >= 11 is 5.98. The number of sulfonamides is 1. The average Bonchev–Trinajstić information content (AvgIpc) is 2.37. The lowest BCUT2D eigenvalue weighted by Gasteiger charge is -2.16. The van der Waals surface area contributed by atoms with Crippen molar-refractivity contribution in [2.45, 2.75) is 11.3 Å². The number of aliphatic imine (C=N–C) groups is 1. The van der Waals surface area contributed by atoms with E-state index in [0.29, 0.717) is 17.0 Å². The van der Waals surface area contributed by atoms with Crippen LogP contribution in [0.3, 0.4) is 0 Å². The van der Waals surface area contributed by atoms with Crippen molar-refractivity contribution in [3.63, 3.8) is 0 Å². The molecule has 1 aliphatic heterocycles. The van der Waals surface area contributed by atoms with Crippen LogP contribution in [-0.2, 0) is 16.4 Å². The van der Waals surface area contributed by atoms with Crippen molar-refractivity contribution >= 4 is 33.7 Å². The van der Waals surface area contributed by atoms with Crippen molar-refractivity contribution in [2.24, 2.45) is 10.7 Å². The first kappa shape index (κ1) is 14.1. The van der Waals surface area contributed by atoms with Crippen molar-refractivity contribution in [3.05, 3.63) is 28.3 Å². The smallest absolute Gasteiger partial charge is 0.278 e. The molecule has 1 aliphatic rings. The first-order chi connectivity index (χ1) is 8.97. The number of nitrogens with zero attached hydrogens (tertiary/aromatic N) is 1. The van der Waals surface area contributed by atoms with Gasteiger partial charge in [-0.1, -0.05) is 11.6 Å². The molecule has 3 N–H and O–H groups in total. The Morgan fingerprint density at radius 2 is 2.16 bits per heavy atom. The highest BCUT2D eigenvalue weighted by Crippen LogP contribution is 2.29. The summed E-state index contributed by atoms with van der Waals surface area (Å²) in [6.45, 7) is 0.262. The molecule has 0 saturated carbocycles. The topological polar surface area (TPSA) is 102 Å². The molecule has 19 heavy (non-hydrogen) atoms. The second-order valence-electron chi connectivity index (χ2n) is 3.91. The van der Waals surface area contributed by atoms with Crippen LogP contribution in [0.1, 0.15) is 15.9 Å². The number of hydrogen-bond donors (Lipinski definition) is 2. The van der Waals surface area contributed by atoms with Crippen LogP contribution in [0.15, 0.2) is 22.0 Å². The fraction of sp³-hybridized carbons (Fsp3) is 0.273. The van der Waals surface area contributed by atoms with Gasteiger partial charge in [0.25, 0.3) is 5.91 Å². The zero-order valence-electron chi connectivity index (χ0n) is 9.89. The molecule has 1 heterocycles. The van der Waals surface area contributed by atoms with Crippen molar-refractivity contribution in [1.82, 2.24) is 4.72 Å². The number of halogens is 1. The molecular formula is C11H12ClN3O3S. The van der Waals surface area contributed by atoms with Gasteiger partial charge in [-0.15, -0.1) is 0 Å². The lowest BCUT2D eigenvalue weighted by Crippen LogP contribution is -2.31. The van der Waals surface area contributed by atoms with Crippen LogP contribution in [0.2, 0.25) is 5.02 Å². The summed E-state index contributed by atoms with van der Waals surface area (Å²) < 4.78 is 26.5. The number of amides is 1. The van der Waals surface area contributed by atoms with Crippen molar-refractivity contribution in [3.8, 4) is 0 Å². The Hall–Kier alpha value is -1.28. The maximum Gasteiger partial charge on any atom is 0.278 e. The third kappa shape index (κ3) is 2.69. The van der Waals surface area contributed by atoms with E-state index < -0.39 is 15.9 Å². The van der Waals surface area contributed by atoms with Crippen molar-refractivity contribution in [2.75, 3.05) is 13.1 Å². The fourth-order valence-corrected chi connectivity index (χ4v) is 3.32. The molecular weight excluding hydrogens is 290 g/mol. The summed E-state index contributed by atoms with van der Waals surface area (Å²) in [6, 6.07) is 2.77. The number of hydrogen-bond acceptors (Lipinski definition) is 4. The molecule has 0 fully saturated rings. The van der Waals surface area contributed by atoms with Gasteiger partial charge < -0.3 is 5.73 Å². The van der Waals surface area contributed by atoms with E-state index in [9.17, 15) is 13.2 Å². The predicted molar refractivity (Wildman–Crippen MR) is 72.2 cm³/mol. The van der Waals surface area contributed by atoms with Crippen LogP contribution in [0, 0.1) is 0 Å². The van der Waals surface area contributed by atoms with E-state index in [-0.39, 0.29) is 23.5 Å². The van der Waals surface area contributed by atoms with Crippen LogP contribution >= 0.6 is 11.6 Å². The molecule has 1 aromatic carbocycles. The summed E-state index contributed by atoms with van der Waals surface area (Å²) in [5.74, 6) is -0.600. The SMILES string of the molecule is NCCNS(=O)(=O)c1ccc(Cl)c2c1C(=O)N=CC2.